The molecular formula is C20H26N6O. The van der Waals surface area contributed by atoms with Crippen molar-refractivity contribution in [3.05, 3.63) is 35.7 Å². The molecule has 2 unspecified atom stereocenters. The summed E-state index contributed by atoms with van der Waals surface area (Å²) in [6.45, 7) is 7.62. The molecule has 5 rings (SSSR count). The summed E-state index contributed by atoms with van der Waals surface area (Å²) >= 11 is 0. The number of hydrogen-bond acceptors (Lipinski definition) is 5. The van der Waals surface area contributed by atoms with Crippen molar-refractivity contribution in [3.63, 3.8) is 0 Å². The number of hydrogen-bond donors (Lipinski definition) is 1. The van der Waals surface area contributed by atoms with Crippen molar-refractivity contribution in [2.45, 2.75) is 38.8 Å². The number of rotatable bonds is 2. The minimum atomic E-state index is 0.0631. The van der Waals surface area contributed by atoms with Gasteiger partial charge in [0.15, 0.2) is 5.65 Å². The Morgan fingerprint density at radius 2 is 1.89 bits per heavy atom. The third-order valence-corrected chi connectivity index (χ3v) is 6.11. The SMILES string of the molecule is CC1C=CC(C)N1C(=O)C1CN(c2c3c(nc4ccnn24)CCNCC3)C1. The van der Waals surface area contributed by atoms with Crippen LogP contribution in [0.25, 0.3) is 5.65 Å². The van der Waals surface area contributed by atoms with Gasteiger partial charge >= 0.3 is 0 Å². The van der Waals surface area contributed by atoms with Gasteiger partial charge < -0.3 is 15.1 Å². The molecule has 0 aliphatic carbocycles. The van der Waals surface area contributed by atoms with Crippen molar-refractivity contribution in [2.75, 3.05) is 31.1 Å². The van der Waals surface area contributed by atoms with Gasteiger partial charge in [-0.1, -0.05) is 12.2 Å². The fourth-order valence-corrected chi connectivity index (χ4v) is 4.64. The quantitative estimate of drug-likeness (QED) is 0.805. The highest BCUT2D eigenvalue weighted by Gasteiger charge is 2.40. The zero-order chi connectivity index (χ0) is 18.5. The first kappa shape index (κ1) is 16.7. The molecule has 142 valence electrons. The summed E-state index contributed by atoms with van der Waals surface area (Å²) in [6.07, 6.45) is 7.95. The zero-order valence-corrected chi connectivity index (χ0v) is 15.9. The molecule has 1 N–H and O–H groups in total. The van der Waals surface area contributed by atoms with E-state index in [1.165, 1.54) is 11.3 Å². The van der Waals surface area contributed by atoms with Crippen molar-refractivity contribution in [1.82, 2.24) is 24.8 Å². The third kappa shape index (κ3) is 2.64. The van der Waals surface area contributed by atoms with Crippen LogP contribution in [0.4, 0.5) is 5.82 Å². The van der Waals surface area contributed by atoms with Gasteiger partial charge in [0, 0.05) is 49.8 Å². The highest BCUT2D eigenvalue weighted by atomic mass is 16.2. The number of aromatic nitrogens is 3. The van der Waals surface area contributed by atoms with Gasteiger partial charge in [-0.15, -0.1) is 0 Å². The van der Waals surface area contributed by atoms with Gasteiger partial charge in [-0.3, -0.25) is 4.79 Å². The summed E-state index contributed by atoms with van der Waals surface area (Å²) in [6, 6.07) is 2.36. The van der Waals surface area contributed by atoms with E-state index in [2.05, 4.69) is 41.3 Å². The Hall–Kier alpha value is -2.41. The monoisotopic (exact) mass is 366 g/mol. The van der Waals surface area contributed by atoms with Gasteiger partial charge in [0.1, 0.15) is 5.82 Å². The number of anilines is 1. The molecule has 3 aliphatic rings. The second-order valence-corrected chi connectivity index (χ2v) is 7.93. The molecule has 1 fully saturated rings. The van der Waals surface area contributed by atoms with Crippen molar-refractivity contribution in [1.29, 1.82) is 0 Å². The van der Waals surface area contributed by atoms with Crippen LogP contribution in [0.1, 0.15) is 25.1 Å². The summed E-state index contributed by atoms with van der Waals surface area (Å²) in [5.74, 6) is 1.47. The van der Waals surface area contributed by atoms with E-state index in [0.717, 1.165) is 50.5 Å². The lowest BCUT2D eigenvalue weighted by molar-refractivity contribution is -0.138. The molecule has 0 bridgehead atoms. The van der Waals surface area contributed by atoms with Crippen LogP contribution in [-0.2, 0) is 17.6 Å². The van der Waals surface area contributed by atoms with Crippen molar-refractivity contribution in [3.8, 4) is 0 Å². The first-order chi connectivity index (χ1) is 13.1. The fraction of sp³-hybridized carbons (Fsp3) is 0.550. The third-order valence-electron chi connectivity index (χ3n) is 6.11. The highest BCUT2D eigenvalue weighted by molar-refractivity contribution is 5.83. The molecule has 1 saturated heterocycles. The van der Waals surface area contributed by atoms with E-state index in [0.29, 0.717) is 0 Å². The van der Waals surface area contributed by atoms with Crippen LogP contribution in [0.15, 0.2) is 24.4 Å². The largest absolute Gasteiger partial charge is 0.354 e. The van der Waals surface area contributed by atoms with Crippen LogP contribution >= 0.6 is 0 Å². The Balaban J connectivity index is 1.42. The van der Waals surface area contributed by atoms with E-state index in [-0.39, 0.29) is 23.9 Å². The standard InChI is InChI=1S/C20H26N6O/c1-13-3-4-14(2)25(13)20(27)15-11-24(12-15)19-16-5-8-21-9-6-17(16)23-18-7-10-22-26(18)19/h3-4,7,10,13-15,21H,5-6,8-9,11-12H2,1-2H3. The van der Waals surface area contributed by atoms with Crippen LogP contribution < -0.4 is 10.2 Å². The minimum absolute atomic E-state index is 0.0631. The molecule has 7 nitrogen and oxygen atoms in total. The lowest BCUT2D eigenvalue weighted by Crippen LogP contribution is -2.57. The number of fused-ring (bicyclic) bond motifs is 2. The van der Waals surface area contributed by atoms with E-state index < -0.39 is 0 Å². The maximum Gasteiger partial charge on any atom is 0.230 e. The van der Waals surface area contributed by atoms with Crippen LogP contribution in [0.5, 0.6) is 0 Å². The second kappa shape index (κ2) is 6.34. The Morgan fingerprint density at radius 1 is 1.15 bits per heavy atom. The molecule has 7 heteroatoms. The molecule has 0 aromatic carbocycles. The average Bonchev–Trinajstić information content (AvgIpc) is 3.12. The lowest BCUT2D eigenvalue weighted by Gasteiger charge is -2.43. The molecule has 1 amide bonds. The molecule has 3 aliphatic heterocycles. The Bertz CT molecular complexity index is 901. The zero-order valence-electron chi connectivity index (χ0n) is 15.9. The predicted octanol–water partition coefficient (Wildman–Crippen LogP) is 1.03. The smallest absolute Gasteiger partial charge is 0.230 e. The van der Waals surface area contributed by atoms with Crippen LogP contribution in [0.2, 0.25) is 0 Å². The molecule has 2 aromatic heterocycles. The van der Waals surface area contributed by atoms with E-state index in [9.17, 15) is 4.79 Å². The van der Waals surface area contributed by atoms with Gasteiger partial charge in [0.25, 0.3) is 0 Å². The summed E-state index contributed by atoms with van der Waals surface area (Å²) in [5, 5.41) is 7.98. The maximum absolute atomic E-state index is 13.0. The van der Waals surface area contributed by atoms with E-state index >= 15 is 0 Å². The Morgan fingerprint density at radius 3 is 2.67 bits per heavy atom. The maximum atomic E-state index is 13.0. The first-order valence-electron chi connectivity index (χ1n) is 9.95. The van der Waals surface area contributed by atoms with Crippen molar-refractivity contribution < 1.29 is 4.79 Å². The summed E-state index contributed by atoms with van der Waals surface area (Å²) in [5.41, 5.74) is 3.35. The summed E-state index contributed by atoms with van der Waals surface area (Å²) < 4.78 is 1.95. The molecule has 2 atom stereocenters. The molecule has 0 spiro atoms. The topological polar surface area (TPSA) is 65.8 Å². The predicted molar refractivity (Wildman–Crippen MR) is 104 cm³/mol. The van der Waals surface area contributed by atoms with Gasteiger partial charge in [-0.25, -0.2) is 4.98 Å². The Labute approximate surface area is 159 Å². The van der Waals surface area contributed by atoms with E-state index in [4.69, 9.17) is 4.98 Å². The molecule has 2 aromatic rings. The van der Waals surface area contributed by atoms with E-state index in [1.807, 2.05) is 21.7 Å². The van der Waals surface area contributed by atoms with Crippen LogP contribution in [0, 0.1) is 5.92 Å². The van der Waals surface area contributed by atoms with Gasteiger partial charge in [-0.05, 0) is 26.8 Å². The molecule has 27 heavy (non-hydrogen) atoms. The number of carbonyl (C=O) groups is 1. The van der Waals surface area contributed by atoms with Gasteiger partial charge in [0.05, 0.1) is 17.8 Å². The fourth-order valence-electron chi connectivity index (χ4n) is 4.64. The molecular weight excluding hydrogens is 340 g/mol. The molecule has 0 radical (unpaired) electrons. The normalized spacial score (nSPS) is 25.6. The van der Waals surface area contributed by atoms with Crippen molar-refractivity contribution >= 4 is 17.4 Å². The molecule has 0 saturated carbocycles. The van der Waals surface area contributed by atoms with Gasteiger partial charge in [-0.2, -0.15) is 9.61 Å². The first-order valence-corrected chi connectivity index (χ1v) is 9.95. The number of nitrogens with one attached hydrogen (secondary N) is 1. The highest BCUT2D eigenvalue weighted by Crippen LogP contribution is 2.33. The second-order valence-electron chi connectivity index (χ2n) is 7.93. The average molecular weight is 366 g/mol. The molecule has 5 heterocycles. The van der Waals surface area contributed by atoms with E-state index in [1.54, 1.807) is 0 Å². The van der Waals surface area contributed by atoms with Crippen LogP contribution in [-0.4, -0.2) is 63.7 Å². The lowest BCUT2D eigenvalue weighted by atomic mass is 9.96. The number of carbonyl (C=O) groups excluding carboxylic acids is 1. The Kier molecular flexibility index (Phi) is 3.93. The van der Waals surface area contributed by atoms with Crippen LogP contribution in [0.3, 0.4) is 0 Å². The summed E-state index contributed by atoms with van der Waals surface area (Å²) in [4.78, 5) is 22.2. The van der Waals surface area contributed by atoms with Crippen molar-refractivity contribution in [2.24, 2.45) is 5.92 Å². The minimum Gasteiger partial charge on any atom is -0.354 e. The van der Waals surface area contributed by atoms with Gasteiger partial charge in [0.2, 0.25) is 5.91 Å². The number of amides is 1. The number of nitrogens with zero attached hydrogens (tertiary/aromatic N) is 5. The summed E-state index contributed by atoms with van der Waals surface area (Å²) in [7, 11) is 0.